The molecule has 0 heterocycles. The van der Waals surface area contributed by atoms with Gasteiger partial charge in [-0.05, 0) is 38.5 Å². The van der Waals surface area contributed by atoms with Gasteiger partial charge in [-0.25, -0.2) is 0 Å². The summed E-state index contributed by atoms with van der Waals surface area (Å²) in [6.07, 6.45) is 0.229. The van der Waals surface area contributed by atoms with Gasteiger partial charge in [0.2, 0.25) is 0 Å². The van der Waals surface area contributed by atoms with E-state index < -0.39 is 0 Å². The zero-order valence-electron chi connectivity index (χ0n) is 9.92. The normalized spacial score (nSPS) is 10.8. The van der Waals surface area contributed by atoms with Gasteiger partial charge in [-0.3, -0.25) is 0 Å². The fraction of sp³-hybridized carbons (Fsp3) is 0.500. The topological polar surface area (TPSA) is 44.5 Å². The zero-order chi connectivity index (χ0) is 12.1. The standard InChI is InChI=1S/C12H18BrNO2/c1-8(2)15-4-5-16-12-9(3)6-10(13)7-11(12)14/h6-8H,4-5,14H2,1-3H3. The minimum atomic E-state index is 0.229. The van der Waals surface area contributed by atoms with E-state index in [9.17, 15) is 0 Å². The summed E-state index contributed by atoms with van der Waals surface area (Å²) in [4.78, 5) is 0. The average Bonchev–Trinajstić information content (AvgIpc) is 2.14. The molecular weight excluding hydrogens is 270 g/mol. The molecular formula is C12H18BrNO2. The van der Waals surface area contributed by atoms with Gasteiger partial charge >= 0.3 is 0 Å². The fourth-order valence-corrected chi connectivity index (χ4v) is 1.97. The summed E-state index contributed by atoms with van der Waals surface area (Å²) >= 11 is 3.39. The molecule has 0 fully saturated rings. The van der Waals surface area contributed by atoms with Crippen LogP contribution in [-0.2, 0) is 4.74 Å². The number of hydrogen-bond donors (Lipinski definition) is 1. The molecule has 0 bridgehead atoms. The van der Waals surface area contributed by atoms with Gasteiger partial charge in [0.15, 0.2) is 0 Å². The van der Waals surface area contributed by atoms with Crippen LogP contribution in [0.5, 0.6) is 5.75 Å². The summed E-state index contributed by atoms with van der Waals surface area (Å²) in [6, 6.07) is 3.82. The molecule has 0 amide bonds. The summed E-state index contributed by atoms with van der Waals surface area (Å²) < 4.78 is 12.0. The van der Waals surface area contributed by atoms with Crippen LogP contribution in [0.4, 0.5) is 5.69 Å². The van der Waals surface area contributed by atoms with Crippen molar-refractivity contribution in [2.45, 2.75) is 26.9 Å². The maximum atomic E-state index is 5.87. The van der Waals surface area contributed by atoms with Gasteiger partial charge < -0.3 is 15.2 Å². The van der Waals surface area contributed by atoms with Crippen LogP contribution in [0.3, 0.4) is 0 Å². The molecule has 1 aromatic carbocycles. The van der Waals surface area contributed by atoms with E-state index in [4.69, 9.17) is 15.2 Å². The summed E-state index contributed by atoms with van der Waals surface area (Å²) in [5, 5.41) is 0. The molecule has 16 heavy (non-hydrogen) atoms. The number of aryl methyl sites for hydroxylation is 1. The molecule has 1 aromatic rings. The van der Waals surface area contributed by atoms with Crippen molar-refractivity contribution in [3.8, 4) is 5.75 Å². The first kappa shape index (κ1) is 13.3. The summed E-state index contributed by atoms with van der Waals surface area (Å²) in [5.74, 6) is 0.746. The average molecular weight is 288 g/mol. The number of ether oxygens (including phenoxy) is 2. The zero-order valence-corrected chi connectivity index (χ0v) is 11.5. The van der Waals surface area contributed by atoms with Gasteiger partial charge in [0.05, 0.1) is 18.4 Å². The van der Waals surface area contributed by atoms with E-state index in [0.717, 1.165) is 15.8 Å². The Balaban J connectivity index is 2.54. The van der Waals surface area contributed by atoms with E-state index in [1.807, 2.05) is 32.9 Å². The first-order valence-corrected chi connectivity index (χ1v) is 6.10. The number of nitrogen functional groups attached to an aromatic ring is 1. The number of hydrogen-bond acceptors (Lipinski definition) is 3. The van der Waals surface area contributed by atoms with E-state index >= 15 is 0 Å². The van der Waals surface area contributed by atoms with Gasteiger partial charge in [0.1, 0.15) is 12.4 Å². The van der Waals surface area contributed by atoms with Crippen molar-refractivity contribution in [2.75, 3.05) is 18.9 Å². The largest absolute Gasteiger partial charge is 0.489 e. The molecule has 0 atom stereocenters. The number of nitrogens with two attached hydrogens (primary N) is 1. The molecule has 0 spiro atoms. The third-order valence-electron chi connectivity index (χ3n) is 2.05. The number of benzene rings is 1. The summed E-state index contributed by atoms with van der Waals surface area (Å²) in [7, 11) is 0. The van der Waals surface area contributed by atoms with E-state index in [0.29, 0.717) is 18.9 Å². The predicted octanol–water partition coefficient (Wildman–Crippen LogP) is 3.14. The molecule has 0 saturated carbocycles. The first-order valence-electron chi connectivity index (χ1n) is 5.30. The number of anilines is 1. The fourth-order valence-electron chi connectivity index (χ4n) is 1.38. The van der Waals surface area contributed by atoms with Crippen molar-refractivity contribution in [1.82, 2.24) is 0 Å². The lowest BCUT2D eigenvalue weighted by Gasteiger charge is -2.13. The van der Waals surface area contributed by atoms with Crippen LogP contribution in [0, 0.1) is 6.92 Å². The van der Waals surface area contributed by atoms with Crippen molar-refractivity contribution < 1.29 is 9.47 Å². The minimum absolute atomic E-state index is 0.229. The Hall–Kier alpha value is -0.740. The van der Waals surface area contributed by atoms with Gasteiger partial charge in [-0.1, -0.05) is 15.9 Å². The van der Waals surface area contributed by atoms with Crippen molar-refractivity contribution in [3.05, 3.63) is 22.2 Å². The Morgan fingerprint density at radius 3 is 2.56 bits per heavy atom. The Morgan fingerprint density at radius 1 is 1.31 bits per heavy atom. The van der Waals surface area contributed by atoms with Gasteiger partial charge in [-0.2, -0.15) is 0 Å². The van der Waals surface area contributed by atoms with Crippen LogP contribution in [0.1, 0.15) is 19.4 Å². The Bertz CT molecular complexity index is 330. The van der Waals surface area contributed by atoms with Gasteiger partial charge in [-0.15, -0.1) is 0 Å². The molecule has 0 unspecified atom stereocenters. The molecule has 0 aliphatic heterocycles. The quantitative estimate of drug-likeness (QED) is 0.668. The lowest BCUT2D eigenvalue weighted by atomic mass is 10.2. The smallest absolute Gasteiger partial charge is 0.145 e. The highest BCUT2D eigenvalue weighted by Crippen LogP contribution is 2.29. The van der Waals surface area contributed by atoms with Crippen LogP contribution in [-0.4, -0.2) is 19.3 Å². The summed E-state index contributed by atoms with van der Waals surface area (Å²) in [5.41, 5.74) is 7.54. The lowest BCUT2D eigenvalue weighted by Crippen LogP contribution is -2.12. The highest BCUT2D eigenvalue weighted by Gasteiger charge is 2.06. The van der Waals surface area contributed by atoms with Crippen LogP contribution in [0.2, 0.25) is 0 Å². The second-order valence-electron chi connectivity index (χ2n) is 3.91. The van der Waals surface area contributed by atoms with Crippen molar-refractivity contribution in [1.29, 1.82) is 0 Å². The van der Waals surface area contributed by atoms with E-state index in [1.54, 1.807) is 0 Å². The first-order chi connectivity index (χ1) is 7.50. The monoisotopic (exact) mass is 287 g/mol. The van der Waals surface area contributed by atoms with Crippen molar-refractivity contribution >= 4 is 21.6 Å². The van der Waals surface area contributed by atoms with E-state index in [-0.39, 0.29) is 6.10 Å². The predicted molar refractivity (Wildman–Crippen MR) is 69.9 cm³/mol. The molecule has 2 N–H and O–H groups in total. The maximum absolute atomic E-state index is 5.87. The molecule has 0 aliphatic rings. The Morgan fingerprint density at radius 2 is 2.00 bits per heavy atom. The second-order valence-corrected chi connectivity index (χ2v) is 4.82. The third kappa shape index (κ3) is 4.02. The van der Waals surface area contributed by atoms with Crippen LogP contribution < -0.4 is 10.5 Å². The molecule has 1 rings (SSSR count). The third-order valence-corrected chi connectivity index (χ3v) is 2.51. The highest BCUT2D eigenvalue weighted by molar-refractivity contribution is 9.10. The molecule has 0 radical (unpaired) electrons. The maximum Gasteiger partial charge on any atom is 0.145 e. The molecule has 0 saturated heterocycles. The SMILES string of the molecule is Cc1cc(Br)cc(N)c1OCCOC(C)C. The van der Waals surface area contributed by atoms with Crippen molar-refractivity contribution in [2.24, 2.45) is 0 Å². The van der Waals surface area contributed by atoms with E-state index in [2.05, 4.69) is 15.9 Å². The van der Waals surface area contributed by atoms with Crippen LogP contribution in [0.25, 0.3) is 0 Å². The second kappa shape index (κ2) is 6.11. The van der Waals surface area contributed by atoms with Crippen molar-refractivity contribution in [3.63, 3.8) is 0 Å². The van der Waals surface area contributed by atoms with Gasteiger partial charge in [0.25, 0.3) is 0 Å². The summed E-state index contributed by atoms with van der Waals surface area (Å²) in [6.45, 7) is 7.07. The number of halogens is 1. The molecule has 90 valence electrons. The molecule has 0 aromatic heterocycles. The number of rotatable bonds is 5. The molecule has 4 heteroatoms. The molecule has 3 nitrogen and oxygen atoms in total. The Labute approximate surface area is 105 Å². The lowest BCUT2D eigenvalue weighted by molar-refractivity contribution is 0.0553. The minimum Gasteiger partial charge on any atom is -0.489 e. The van der Waals surface area contributed by atoms with Crippen LogP contribution in [0.15, 0.2) is 16.6 Å². The van der Waals surface area contributed by atoms with Gasteiger partial charge in [0, 0.05) is 4.47 Å². The Kier molecular flexibility index (Phi) is 5.09. The van der Waals surface area contributed by atoms with Crippen LogP contribution >= 0.6 is 15.9 Å². The highest BCUT2D eigenvalue weighted by atomic mass is 79.9. The van der Waals surface area contributed by atoms with E-state index in [1.165, 1.54) is 0 Å². The molecule has 0 aliphatic carbocycles.